The first-order valence-electron chi connectivity index (χ1n) is 29.8. The van der Waals surface area contributed by atoms with Crippen molar-refractivity contribution in [3.05, 3.63) is 276 Å². The monoisotopic (exact) mass is 1520 g/mol. The van der Waals surface area contributed by atoms with E-state index in [1.807, 2.05) is 97.1 Å². The maximum atomic E-state index is 6.35. The Morgan fingerprint density at radius 1 is 0.345 bits per heavy atom. The van der Waals surface area contributed by atoms with Gasteiger partial charge in [-0.2, -0.15) is 36.4 Å². The molecule has 11 aromatic carbocycles. The third kappa shape index (κ3) is 19.3. The van der Waals surface area contributed by atoms with Gasteiger partial charge in [0.15, 0.2) is 0 Å². The summed E-state index contributed by atoms with van der Waals surface area (Å²) in [5.74, 6) is 0.674. The summed E-state index contributed by atoms with van der Waals surface area (Å²) in [4.78, 5) is 0. The molecule has 0 N–H and O–H groups in total. The van der Waals surface area contributed by atoms with E-state index in [9.17, 15) is 0 Å². The van der Waals surface area contributed by atoms with Gasteiger partial charge in [-0.25, -0.2) is 24.3 Å². The molecule has 1 aliphatic rings. The van der Waals surface area contributed by atoms with E-state index in [2.05, 4.69) is 223 Å². The predicted octanol–water partition coefficient (Wildman–Crippen LogP) is 24.3. The maximum Gasteiger partial charge on any atom is -0.172 e. The second-order valence-electron chi connectivity index (χ2n) is 26.2. The molecule has 0 atom stereocenters. The largest absolute Gasteiger partial charge is 0.214 e. The molecule has 0 heterocycles. The molecule has 0 spiro atoms. The van der Waals surface area contributed by atoms with Crippen LogP contribution in [0.4, 0.5) is 0 Å². The number of hydrogen-bond acceptors (Lipinski definition) is 0. The molecule has 84 heavy (non-hydrogen) atoms. The number of hydrogen-bond donors (Lipinski definition) is 0. The fourth-order valence-corrected chi connectivity index (χ4v) is 24.8. The molecule has 12 rings (SSSR count). The van der Waals surface area contributed by atoms with Gasteiger partial charge in [-0.3, -0.25) is 0 Å². The van der Waals surface area contributed by atoms with E-state index >= 15 is 0 Å². The first-order chi connectivity index (χ1) is 39.9. The van der Waals surface area contributed by atoms with Gasteiger partial charge in [-0.05, 0) is 21.7 Å². The van der Waals surface area contributed by atoms with Crippen molar-refractivity contribution in [1.29, 1.82) is 0 Å². The van der Waals surface area contributed by atoms with E-state index in [-0.39, 0.29) is 21.7 Å². The van der Waals surface area contributed by atoms with Crippen LogP contribution in [0.25, 0.3) is 43.1 Å². The topological polar surface area (TPSA) is 0 Å². The van der Waals surface area contributed by atoms with Crippen LogP contribution in [0, 0.1) is 5.92 Å². The van der Waals surface area contributed by atoms with Crippen molar-refractivity contribution in [1.82, 2.24) is 0 Å². The molecule has 1 aliphatic carbocycles. The molecule has 1 fully saturated rings. The molecule has 1 saturated carbocycles. The Balaban J connectivity index is 0.000000153. The Morgan fingerprint density at radius 3 is 0.869 bits per heavy atom. The zero-order valence-corrected chi connectivity index (χ0v) is 61.9. The summed E-state index contributed by atoms with van der Waals surface area (Å²) >= 11 is -5.05. The molecule has 0 radical (unpaired) electrons. The minimum Gasteiger partial charge on any atom is -0.214 e. The van der Waals surface area contributed by atoms with Crippen LogP contribution in [0.2, 0.25) is 0 Å². The number of rotatable bonds is 4. The van der Waals surface area contributed by atoms with E-state index < -0.39 is 37.2 Å². The average molecular weight is 1520 g/mol. The van der Waals surface area contributed by atoms with Crippen molar-refractivity contribution < 1.29 is 37.2 Å². The summed E-state index contributed by atoms with van der Waals surface area (Å²) in [6.07, 6.45) is 6.64. The molecule has 0 bridgehead atoms. The molecule has 0 unspecified atom stereocenters. The zero-order valence-electron chi connectivity index (χ0n) is 51.6. The Hall–Kier alpha value is -4.38. The molecular formula is C78H86Cl4Hf2-4. The maximum absolute atomic E-state index is 6.35. The molecule has 0 aliphatic heterocycles. The minimum atomic E-state index is -2.60. The summed E-state index contributed by atoms with van der Waals surface area (Å²) in [6.45, 7) is 27.3. The molecule has 438 valence electrons. The molecule has 0 nitrogen and oxygen atoms in total. The Morgan fingerprint density at radius 2 is 0.631 bits per heavy atom. The quantitative estimate of drug-likeness (QED) is 0.122. The van der Waals surface area contributed by atoms with Gasteiger partial charge in [-0.15, -0.1) is 79.5 Å². The molecule has 0 aromatic heterocycles. The van der Waals surface area contributed by atoms with Crippen molar-refractivity contribution in [2.45, 2.75) is 137 Å². The van der Waals surface area contributed by atoms with Crippen LogP contribution in [-0.2, 0) is 58.8 Å². The summed E-state index contributed by atoms with van der Waals surface area (Å²) in [6, 6.07) is 83.2. The number of fused-ring (bicyclic) bond motifs is 6. The van der Waals surface area contributed by atoms with Crippen LogP contribution in [-0.4, -0.2) is 6.51 Å². The second kappa shape index (κ2) is 31.0. The van der Waals surface area contributed by atoms with Crippen molar-refractivity contribution in [3.63, 3.8) is 0 Å². The van der Waals surface area contributed by atoms with Crippen LogP contribution in [0.1, 0.15) is 154 Å². The van der Waals surface area contributed by atoms with Crippen LogP contribution in [0.5, 0.6) is 0 Å². The molecule has 0 saturated heterocycles. The van der Waals surface area contributed by atoms with Crippen LogP contribution >= 0.6 is 34.3 Å². The van der Waals surface area contributed by atoms with Crippen LogP contribution in [0.3, 0.4) is 0 Å². The van der Waals surface area contributed by atoms with Gasteiger partial charge in [0, 0.05) is 0 Å². The first kappa shape index (κ1) is 67.1. The number of benzene rings is 7. The van der Waals surface area contributed by atoms with Crippen molar-refractivity contribution in [3.8, 4) is 0 Å². The predicted molar refractivity (Wildman–Crippen MR) is 370 cm³/mol. The summed E-state index contributed by atoms with van der Waals surface area (Å²) < 4.78 is 2.60. The Kier molecular flexibility index (Phi) is 24.8. The van der Waals surface area contributed by atoms with Crippen LogP contribution < -0.4 is 0 Å². The SMILES string of the molecule is CC(C)(C)c1ccc2c(c1)[cH-]c1cc(C(C)(C)C)ccc12.CC(C)(C)c1ccc2c(c1)[cH-]c1cc(C(C)(C)C)ccc12.[Cl][Hf]([Cl])=[C](c1ccccc1)C1CCCCC1.[Cl][Hf]([Cl])=[C](c1ccccc1)c1ccccc1.c1cc[cH-]c1.c1cc[cH-]c1. The molecular weight excluding hydrogens is 1440 g/mol. The smallest absolute Gasteiger partial charge is 0.172 e. The third-order valence-corrected chi connectivity index (χ3v) is 29.4. The number of halogens is 4. The van der Waals surface area contributed by atoms with E-state index in [0.717, 1.165) is 14.4 Å². The van der Waals surface area contributed by atoms with Crippen LogP contribution in [0.15, 0.2) is 237 Å². The van der Waals surface area contributed by atoms with Gasteiger partial charge in [0.25, 0.3) is 0 Å². The van der Waals surface area contributed by atoms with E-state index in [1.54, 1.807) is 0 Å². The Bertz CT molecular complexity index is 3420. The summed E-state index contributed by atoms with van der Waals surface area (Å²) in [7, 11) is 25.2. The second-order valence-corrected chi connectivity index (χ2v) is 49.2. The van der Waals surface area contributed by atoms with E-state index in [1.165, 1.54) is 106 Å². The Labute approximate surface area is 534 Å². The van der Waals surface area contributed by atoms with Gasteiger partial charge < -0.3 is 0 Å². The van der Waals surface area contributed by atoms with Crippen molar-refractivity contribution in [2.24, 2.45) is 5.92 Å². The zero-order chi connectivity index (χ0) is 60.7. The standard InChI is InChI=1S/2C21H25.C13H16.C13H10.2C5H5.4ClH.2Hf/c2*1-20(2,3)16-7-9-18-14(12-16)11-15-13-17(21(4,5)6)8-10-19(15)18;2*1-3-7-12(8-4-1)11-13-9-5-2-6-10-13;2*1-2-4-5-3-1;;;;;;/h2*7-13H,1-6H3;1,3-4,7-8,13H,2,5-6,9-10H2;1-10H;2*1-5H;4*1H;;/q2*-1;;;2*-1;;;;;2*+2/p-4. The van der Waals surface area contributed by atoms with E-state index in [4.69, 9.17) is 34.3 Å². The average Bonchev–Trinajstić information content (AvgIpc) is 3.68. The fourth-order valence-electron chi connectivity index (χ4n) is 10.7. The van der Waals surface area contributed by atoms with Gasteiger partial charge in [0.05, 0.1) is 0 Å². The minimum absolute atomic E-state index is 0.203. The van der Waals surface area contributed by atoms with Crippen molar-refractivity contribution in [2.75, 3.05) is 0 Å². The molecule has 0 amide bonds. The van der Waals surface area contributed by atoms with Gasteiger partial charge >= 0.3 is 224 Å². The van der Waals surface area contributed by atoms with Crippen molar-refractivity contribution >= 4 is 83.9 Å². The summed E-state index contributed by atoms with van der Waals surface area (Å²) in [5, 5.41) is 11.0. The third-order valence-electron chi connectivity index (χ3n) is 15.6. The first-order valence-corrected chi connectivity index (χ1v) is 51.2. The van der Waals surface area contributed by atoms with Gasteiger partial charge in [0.1, 0.15) is 0 Å². The van der Waals surface area contributed by atoms with Gasteiger partial charge in [0.2, 0.25) is 0 Å². The fraction of sp³-hybridized carbons (Fsp3) is 0.282. The molecule has 11 aromatic rings. The molecule has 6 heteroatoms. The summed E-state index contributed by atoms with van der Waals surface area (Å²) in [5.41, 5.74) is 10.0. The normalized spacial score (nSPS) is 12.7. The van der Waals surface area contributed by atoms with E-state index in [0.29, 0.717) is 5.92 Å². The van der Waals surface area contributed by atoms with Gasteiger partial charge in [-0.1, -0.05) is 154 Å².